The predicted molar refractivity (Wildman–Crippen MR) is 181 cm³/mol. The SMILES string of the molecule is N#Cc1c(N)sc2c(F)ccc(-c3c(Cl)c4c5c(nc(OCC67CCCN6CCC7)nc5c3F)N(CC(F)F)CCO4)c12.c1ccsc1. The smallest absolute Gasteiger partial charge is 0.319 e. The van der Waals surface area contributed by atoms with Crippen LogP contribution in [-0.4, -0.2) is 66.2 Å². The van der Waals surface area contributed by atoms with Crippen LogP contribution in [0.5, 0.6) is 11.8 Å². The van der Waals surface area contributed by atoms with Crippen LogP contribution in [0, 0.1) is 23.0 Å². The lowest BCUT2D eigenvalue weighted by Gasteiger charge is -2.31. The fourth-order valence-corrected chi connectivity index (χ4v) is 8.74. The third-order valence-corrected chi connectivity index (χ3v) is 11.1. The Bertz CT molecular complexity index is 2010. The van der Waals surface area contributed by atoms with Crippen LogP contribution >= 0.6 is 34.3 Å². The van der Waals surface area contributed by atoms with E-state index in [0.29, 0.717) is 0 Å². The minimum absolute atomic E-state index is 0.00178. The summed E-state index contributed by atoms with van der Waals surface area (Å²) in [6, 6.07) is 8.33. The van der Waals surface area contributed by atoms with Crippen molar-refractivity contribution in [1.82, 2.24) is 14.9 Å². The highest BCUT2D eigenvalue weighted by molar-refractivity contribution is 7.23. The fourth-order valence-electron chi connectivity index (χ4n) is 7.00. The number of halogens is 5. The molecule has 48 heavy (non-hydrogen) atoms. The van der Waals surface area contributed by atoms with Crippen molar-refractivity contribution in [1.29, 1.82) is 5.26 Å². The number of thiophene rings is 2. The molecule has 0 atom stereocenters. The second-order valence-electron chi connectivity index (χ2n) is 11.8. The quantitative estimate of drug-likeness (QED) is 0.176. The van der Waals surface area contributed by atoms with Gasteiger partial charge < -0.3 is 20.1 Å². The fraction of sp³-hybridized carbons (Fsp3) is 0.364. The zero-order valence-corrected chi connectivity index (χ0v) is 27.8. The molecule has 3 aliphatic rings. The first-order valence-corrected chi connectivity index (χ1v) is 17.5. The van der Waals surface area contributed by atoms with E-state index < -0.39 is 24.6 Å². The van der Waals surface area contributed by atoms with Gasteiger partial charge in [-0.25, -0.2) is 17.6 Å². The number of ether oxygens (including phenoxy) is 2. The lowest BCUT2D eigenvalue weighted by atomic mass is 9.95. The lowest BCUT2D eigenvalue weighted by Crippen LogP contribution is -2.43. The Morgan fingerprint density at radius 1 is 1.10 bits per heavy atom. The van der Waals surface area contributed by atoms with E-state index in [9.17, 15) is 18.4 Å². The molecule has 8 rings (SSSR count). The Morgan fingerprint density at radius 2 is 1.85 bits per heavy atom. The molecule has 2 aromatic carbocycles. The Kier molecular flexibility index (Phi) is 8.97. The highest BCUT2D eigenvalue weighted by atomic mass is 35.5. The van der Waals surface area contributed by atoms with Crippen LogP contribution in [0.3, 0.4) is 0 Å². The molecule has 8 nitrogen and oxygen atoms in total. The maximum absolute atomic E-state index is 16.8. The highest BCUT2D eigenvalue weighted by Gasteiger charge is 2.45. The third kappa shape index (κ3) is 5.66. The van der Waals surface area contributed by atoms with Crippen LogP contribution in [-0.2, 0) is 0 Å². The van der Waals surface area contributed by atoms with Gasteiger partial charge in [-0.15, -0.1) is 11.3 Å². The topological polar surface area (TPSA) is 101 Å². The van der Waals surface area contributed by atoms with Crippen molar-refractivity contribution in [2.45, 2.75) is 37.6 Å². The minimum Gasteiger partial charge on any atom is -0.489 e. The Morgan fingerprint density at radius 3 is 2.52 bits per heavy atom. The van der Waals surface area contributed by atoms with Gasteiger partial charge in [0.05, 0.1) is 39.3 Å². The Balaban J connectivity index is 0.000000669. The van der Waals surface area contributed by atoms with Crippen LogP contribution in [0.2, 0.25) is 5.02 Å². The summed E-state index contributed by atoms with van der Waals surface area (Å²) in [6.45, 7) is 1.51. The van der Waals surface area contributed by atoms with E-state index >= 15 is 4.39 Å². The van der Waals surface area contributed by atoms with E-state index in [1.165, 1.54) is 11.0 Å². The van der Waals surface area contributed by atoms with Crippen molar-refractivity contribution in [2.24, 2.45) is 0 Å². The molecule has 0 unspecified atom stereocenters. The summed E-state index contributed by atoms with van der Waals surface area (Å²) in [4.78, 5) is 12.6. The zero-order chi connectivity index (χ0) is 33.6. The molecule has 0 bridgehead atoms. The van der Waals surface area contributed by atoms with Crippen LogP contribution in [0.4, 0.5) is 28.4 Å². The summed E-state index contributed by atoms with van der Waals surface area (Å²) in [5.41, 5.74) is 5.53. The van der Waals surface area contributed by atoms with E-state index in [1.807, 2.05) is 29.0 Å². The summed E-state index contributed by atoms with van der Waals surface area (Å²) in [5, 5.41) is 13.9. The first-order chi connectivity index (χ1) is 23.2. The second kappa shape index (κ2) is 13.2. The van der Waals surface area contributed by atoms with Gasteiger partial charge >= 0.3 is 6.01 Å². The van der Waals surface area contributed by atoms with Gasteiger partial charge in [-0.05, 0) is 61.2 Å². The van der Waals surface area contributed by atoms with Gasteiger partial charge in [0.15, 0.2) is 11.6 Å². The molecule has 2 N–H and O–H groups in total. The molecule has 0 spiro atoms. The van der Waals surface area contributed by atoms with E-state index in [4.69, 9.17) is 26.8 Å². The van der Waals surface area contributed by atoms with Crippen LogP contribution in [0.1, 0.15) is 31.2 Å². The molecule has 250 valence electrons. The molecule has 3 aromatic heterocycles. The van der Waals surface area contributed by atoms with Gasteiger partial charge in [0.2, 0.25) is 0 Å². The number of anilines is 2. The molecule has 0 amide bonds. The summed E-state index contributed by atoms with van der Waals surface area (Å²) in [6.07, 6.45) is 1.26. The molecule has 15 heteroatoms. The van der Waals surface area contributed by atoms with E-state index in [2.05, 4.69) is 14.9 Å². The maximum Gasteiger partial charge on any atom is 0.319 e. The summed E-state index contributed by atoms with van der Waals surface area (Å²) in [5.74, 6) is -1.52. The van der Waals surface area contributed by atoms with Crippen LogP contribution in [0.15, 0.2) is 35.0 Å². The monoisotopic (exact) mass is 716 g/mol. The standard InChI is InChI=1S/C29H25ClF4N6O2S.C4H4S/c30-21-19(14-3-4-16(31)25-18(14)15(11-35)26(36)43-25)22(34)23-20-24(21)41-10-9-39(12-17(32)33)27(20)38-28(37-23)42-13-29-5-1-7-40(29)8-2-6-29;1-2-4-5-3-1/h3-4,17H,1-2,5-10,12-13,36H2;1-4H. The van der Waals surface area contributed by atoms with Gasteiger partial charge in [-0.3, -0.25) is 4.90 Å². The van der Waals surface area contributed by atoms with Crippen molar-refractivity contribution in [3.8, 4) is 29.0 Å². The largest absolute Gasteiger partial charge is 0.489 e. The van der Waals surface area contributed by atoms with Gasteiger partial charge in [0, 0.05) is 10.9 Å². The van der Waals surface area contributed by atoms with E-state index in [1.54, 1.807) is 11.3 Å². The van der Waals surface area contributed by atoms with Crippen molar-refractivity contribution in [2.75, 3.05) is 50.0 Å². The number of nitriles is 1. The molecule has 0 saturated carbocycles. The molecule has 6 heterocycles. The summed E-state index contributed by atoms with van der Waals surface area (Å²) >= 11 is 9.40. The van der Waals surface area contributed by atoms with Crippen molar-refractivity contribution >= 4 is 66.1 Å². The summed E-state index contributed by atoms with van der Waals surface area (Å²) in [7, 11) is 0. The van der Waals surface area contributed by atoms with Gasteiger partial charge in [0.1, 0.15) is 41.4 Å². The molecule has 5 aromatic rings. The number of nitrogens with two attached hydrogens (primary N) is 1. The van der Waals surface area contributed by atoms with Crippen molar-refractivity contribution < 1.29 is 27.0 Å². The number of hydrogen-bond donors (Lipinski definition) is 1. The molecule has 3 aliphatic heterocycles. The lowest BCUT2D eigenvalue weighted by molar-refractivity contribution is 0.107. The van der Waals surface area contributed by atoms with Crippen molar-refractivity contribution in [3.63, 3.8) is 0 Å². The number of nitrogens with zero attached hydrogens (tertiary/aromatic N) is 5. The molecule has 2 fully saturated rings. The van der Waals surface area contributed by atoms with Crippen LogP contribution < -0.4 is 20.1 Å². The first kappa shape index (κ1) is 32.6. The molecule has 0 radical (unpaired) electrons. The molecule has 0 aliphatic carbocycles. The zero-order valence-electron chi connectivity index (χ0n) is 25.4. The number of nitrogen functional groups attached to an aromatic ring is 1. The first-order valence-electron chi connectivity index (χ1n) is 15.4. The normalized spacial score (nSPS) is 16.8. The number of benzene rings is 2. The van der Waals surface area contributed by atoms with Crippen LogP contribution in [0.25, 0.3) is 32.1 Å². The molecular formula is C33H29ClF4N6O2S2. The number of alkyl halides is 2. The third-order valence-electron chi connectivity index (χ3n) is 9.11. The van der Waals surface area contributed by atoms with E-state index in [-0.39, 0.29) is 90.6 Å². The van der Waals surface area contributed by atoms with Gasteiger partial charge in [-0.1, -0.05) is 29.8 Å². The number of hydrogen-bond acceptors (Lipinski definition) is 10. The average molecular weight is 717 g/mol. The number of fused-ring (bicyclic) bond motifs is 2. The summed E-state index contributed by atoms with van der Waals surface area (Å²) < 4.78 is 71.1. The number of aromatic nitrogens is 2. The van der Waals surface area contributed by atoms with Crippen molar-refractivity contribution in [3.05, 3.63) is 57.2 Å². The maximum atomic E-state index is 16.8. The minimum atomic E-state index is -2.71. The Labute approximate surface area is 286 Å². The number of rotatable bonds is 6. The van der Waals surface area contributed by atoms with Gasteiger partial charge in [-0.2, -0.15) is 26.6 Å². The highest BCUT2D eigenvalue weighted by Crippen LogP contribution is 2.51. The average Bonchev–Trinajstić information content (AvgIpc) is 3.86. The molecular weight excluding hydrogens is 688 g/mol. The van der Waals surface area contributed by atoms with Gasteiger partial charge in [0.25, 0.3) is 6.43 Å². The molecule has 2 saturated heterocycles. The Hall–Kier alpha value is -3.90. The second-order valence-corrected chi connectivity index (χ2v) is 14.1. The predicted octanol–water partition coefficient (Wildman–Crippen LogP) is 8.12. The van der Waals surface area contributed by atoms with E-state index in [0.717, 1.165) is 56.2 Å².